The van der Waals surface area contributed by atoms with Crippen molar-refractivity contribution in [3.05, 3.63) is 38.0 Å². The maximum Gasteiger partial charge on any atom is 0.306 e. The van der Waals surface area contributed by atoms with Gasteiger partial charge in [0.2, 0.25) is 0 Å². The summed E-state index contributed by atoms with van der Waals surface area (Å²) in [5.74, 6) is 0.445. The van der Waals surface area contributed by atoms with E-state index in [1.165, 1.54) is 0 Å². The van der Waals surface area contributed by atoms with Gasteiger partial charge in [0, 0.05) is 19.3 Å². The molecule has 0 saturated heterocycles. The van der Waals surface area contributed by atoms with Gasteiger partial charge >= 0.3 is 17.9 Å². The van der Waals surface area contributed by atoms with Gasteiger partial charge in [-0.2, -0.15) is 0 Å². The third kappa shape index (κ3) is 11.0. The monoisotopic (exact) mass is 420 g/mol. The molecule has 0 N–H and O–H groups in total. The quantitative estimate of drug-likeness (QED) is 0.220. The zero-order valence-corrected chi connectivity index (χ0v) is 18.0. The molecule has 1 saturated carbocycles. The minimum absolute atomic E-state index is 0.202. The Labute approximate surface area is 180 Å². The van der Waals surface area contributed by atoms with Gasteiger partial charge in [0.1, 0.15) is 19.8 Å². The maximum atomic E-state index is 11.9. The summed E-state index contributed by atoms with van der Waals surface area (Å²) in [6.07, 6.45) is 11.0. The number of ether oxygens (including phenoxy) is 3. The van der Waals surface area contributed by atoms with Gasteiger partial charge < -0.3 is 14.2 Å². The van der Waals surface area contributed by atoms with Crippen molar-refractivity contribution >= 4 is 17.9 Å². The first-order valence-electron chi connectivity index (χ1n) is 10.8. The van der Waals surface area contributed by atoms with Crippen molar-refractivity contribution < 1.29 is 28.6 Å². The Morgan fingerprint density at radius 2 is 1.10 bits per heavy atom. The molecule has 3 unspecified atom stereocenters. The van der Waals surface area contributed by atoms with Gasteiger partial charge in [-0.05, 0) is 49.9 Å². The fourth-order valence-electron chi connectivity index (χ4n) is 4.02. The van der Waals surface area contributed by atoms with Crippen LogP contribution >= 0.6 is 0 Å². The van der Waals surface area contributed by atoms with E-state index >= 15 is 0 Å². The second-order valence-electron chi connectivity index (χ2n) is 7.73. The first kappa shape index (κ1) is 25.7. The Morgan fingerprint density at radius 3 is 1.57 bits per heavy atom. The number of esters is 3. The lowest BCUT2D eigenvalue weighted by molar-refractivity contribution is -0.144. The van der Waals surface area contributed by atoms with Crippen molar-refractivity contribution in [3.63, 3.8) is 0 Å². The second kappa shape index (κ2) is 15.5. The molecule has 6 heteroatoms. The molecule has 0 bridgehead atoms. The summed E-state index contributed by atoms with van der Waals surface area (Å²) in [5.41, 5.74) is 0. The number of hydrogen-bond donors (Lipinski definition) is 0. The normalized spacial score (nSPS) is 20.6. The zero-order valence-electron chi connectivity index (χ0n) is 18.0. The highest BCUT2D eigenvalue weighted by Crippen LogP contribution is 2.40. The molecule has 0 aromatic rings. The first-order chi connectivity index (χ1) is 14.5. The number of carbonyl (C=O) groups is 3. The highest BCUT2D eigenvalue weighted by molar-refractivity contribution is 5.70. The van der Waals surface area contributed by atoms with Crippen LogP contribution in [0.3, 0.4) is 0 Å². The van der Waals surface area contributed by atoms with Crippen LogP contribution in [-0.4, -0.2) is 37.7 Å². The average molecular weight is 421 g/mol. The largest absolute Gasteiger partial charge is 0.461 e. The highest BCUT2D eigenvalue weighted by atomic mass is 16.5. The molecule has 0 radical (unpaired) electrons. The molecule has 1 fully saturated rings. The Bertz CT molecular complexity index is 582. The predicted octanol–water partition coefficient (Wildman–Crippen LogP) is 4.55. The van der Waals surface area contributed by atoms with Crippen molar-refractivity contribution in [1.29, 1.82) is 0 Å². The lowest BCUT2D eigenvalue weighted by Crippen LogP contribution is -2.27. The van der Waals surface area contributed by atoms with E-state index in [9.17, 15) is 14.4 Å². The van der Waals surface area contributed by atoms with Gasteiger partial charge in [0.05, 0.1) is 0 Å². The fourth-order valence-corrected chi connectivity index (χ4v) is 4.02. The topological polar surface area (TPSA) is 78.9 Å². The summed E-state index contributed by atoms with van der Waals surface area (Å²) in [6, 6.07) is 0. The van der Waals surface area contributed by atoms with Crippen molar-refractivity contribution in [1.82, 2.24) is 0 Å². The van der Waals surface area contributed by atoms with Crippen LogP contribution in [0, 0.1) is 17.8 Å². The fraction of sp³-hybridized carbons (Fsp3) is 0.625. The van der Waals surface area contributed by atoms with Crippen molar-refractivity contribution in [3.8, 4) is 0 Å². The molecule has 6 nitrogen and oxygen atoms in total. The van der Waals surface area contributed by atoms with Crippen LogP contribution in [0.25, 0.3) is 0 Å². The summed E-state index contributed by atoms with van der Waals surface area (Å²) < 4.78 is 15.2. The molecular formula is C24H36O6. The summed E-state index contributed by atoms with van der Waals surface area (Å²) in [7, 11) is 0. The molecule has 30 heavy (non-hydrogen) atoms. The molecule has 0 aliphatic heterocycles. The van der Waals surface area contributed by atoms with Gasteiger partial charge in [-0.3, -0.25) is 14.4 Å². The average Bonchev–Trinajstić information content (AvgIpc) is 2.76. The van der Waals surface area contributed by atoms with Crippen LogP contribution in [0.1, 0.15) is 57.8 Å². The zero-order chi connectivity index (χ0) is 22.2. The Balaban J connectivity index is 2.57. The number of rotatable bonds is 15. The van der Waals surface area contributed by atoms with Crippen molar-refractivity contribution in [2.24, 2.45) is 17.8 Å². The van der Waals surface area contributed by atoms with Crippen LogP contribution in [0.15, 0.2) is 38.0 Å². The molecular weight excluding hydrogens is 384 g/mol. The third-order valence-electron chi connectivity index (χ3n) is 5.53. The van der Waals surface area contributed by atoms with E-state index in [1.807, 2.05) is 0 Å². The number of carbonyl (C=O) groups excluding carboxylic acids is 3. The van der Waals surface area contributed by atoms with E-state index in [0.717, 1.165) is 38.5 Å². The summed E-state index contributed by atoms with van der Waals surface area (Å²) in [6.45, 7) is 11.3. The lowest BCUT2D eigenvalue weighted by atomic mass is 9.69. The van der Waals surface area contributed by atoms with Gasteiger partial charge in [-0.15, -0.1) is 0 Å². The molecule has 0 aromatic carbocycles. The Morgan fingerprint density at radius 1 is 0.667 bits per heavy atom. The molecule has 168 valence electrons. The van der Waals surface area contributed by atoms with Crippen molar-refractivity contribution in [2.45, 2.75) is 57.8 Å². The van der Waals surface area contributed by atoms with Crippen molar-refractivity contribution in [2.75, 3.05) is 19.8 Å². The molecule has 1 rings (SSSR count). The van der Waals surface area contributed by atoms with Gasteiger partial charge in [0.15, 0.2) is 0 Å². The van der Waals surface area contributed by atoms with Crippen LogP contribution < -0.4 is 0 Å². The van der Waals surface area contributed by atoms with Crippen LogP contribution in [-0.2, 0) is 28.6 Å². The maximum absolute atomic E-state index is 11.9. The van der Waals surface area contributed by atoms with Crippen LogP contribution in [0.2, 0.25) is 0 Å². The van der Waals surface area contributed by atoms with E-state index in [2.05, 4.69) is 19.7 Å². The van der Waals surface area contributed by atoms with E-state index in [0.29, 0.717) is 37.0 Å². The SMILES string of the molecule is C=CCOC(=O)CCC1CCC(CCC(=O)OCC=C)C(CCC(=O)OCC=C)C1. The molecule has 1 aliphatic carbocycles. The van der Waals surface area contributed by atoms with E-state index in [4.69, 9.17) is 14.2 Å². The van der Waals surface area contributed by atoms with E-state index in [-0.39, 0.29) is 37.7 Å². The highest BCUT2D eigenvalue weighted by Gasteiger charge is 2.31. The second-order valence-corrected chi connectivity index (χ2v) is 7.73. The first-order valence-corrected chi connectivity index (χ1v) is 10.8. The summed E-state index contributed by atoms with van der Waals surface area (Å²) >= 11 is 0. The Kier molecular flexibility index (Phi) is 13.2. The standard InChI is InChI=1S/C24H36O6/c1-4-15-28-22(25)12-8-19-7-9-20(10-13-23(26)29-16-5-2)21(18-19)11-14-24(27)30-17-6-3/h4-6,19-21H,1-3,7-18H2. The van der Waals surface area contributed by atoms with Gasteiger partial charge in [-0.25, -0.2) is 0 Å². The summed E-state index contributed by atoms with van der Waals surface area (Å²) in [4.78, 5) is 35.5. The molecule has 1 aliphatic rings. The minimum atomic E-state index is -0.228. The van der Waals surface area contributed by atoms with Crippen LogP contribution in [0.5, 0.6) is 0 Å². The van der Waals surface area contributed by atoms with E-state index < -0.39 is 0 Å². The third-order valence-corrected chi connectivity index (χ3v) is 5.53. The number of hydrogen-bond acceptors (Lipinski definition) is 6. The molecule has 3 atom stereocenters. The van der Waals surface area contributed by atoms with E-state index in [1.54, 1.807) is 18.2 Å². The Hall–Kier alpha value is -2.37. The molecule has 0 heterocycles. The lowest BCUT2D eigenvalue weighted by Gasteiger charge is -2.36. The predicted molar refractivity (Wildman–Crippen MR) is 115 cm³/mol. The summed E-state index contributed by atoms with van der Waals surface area (Å²) in [5, 5.41) is 0. The molecule has 0 spiro atoms. The van der Waals surface area contributed by atoms with Gasteiger partial charge in [-0.1, -0.05) is 44.4 Å². The minimum Gasteiger partial charge on any atom is -0.461 e. The molecule has 0 aromatic heterocycles. The molecule has 0 amide bonds. The van der Waals surface area contributed by atoms with Gasteiger partial charge in [0.25, 0.3) is 0 Å². The smallest absolute Gasteiger partial charge is 0.306 e. The van der Waals surface area contributed by atoms with Crippen LogP contribution in [0.4, 0.5) is 0 Å².